The normalized spacial score (nSPS) is 11.4. The molecule has 0 radical (unpaired) electrons. The smallest absolute Gasteiger partial charge is 0.295 e. The molecule has 2 N–H and O–H groups in total. The number of aromatic nitrogens is 3. The Kier molecular flexibility index (Phi) is 3.52. The van der Waals surface area contributed by atoms with Crippen LogP contribution in [-0.2, 0) is 5.41 Å². The third-order valence-electron chi connectivity index (χ3n) is 2.58. The van der Waals surface area contributed by atoms with Gasteiger partial charge >= 0.3 is 0 Å². The highest BCUT2D eigenvalue weighted by molar-refractivity contribution is 6.01. The number of halogens is 2. The highest BCUT2D eigenvalue weighted by Crippen LogP contribution is 2.18. The minimum atomic E-state index is -1.03. The largest absolute Gasteiger partial charge is 0.319 e. The van der Waals surface area contributed by atoms with E-state index in [9.17, 15) is 13.6 Å². The monoisotopic (exact) mass is 280 g/mol. The lowest BCUT2D eigenvalue weighted by molar-refractivity contribution is 0.101. The van der Waals surface area contributed by atoms with Crippen LogP contribution >= 0.6 is 0 Å². The molecule has 1 amide bonds. The molecule has 7 heteroatoms. The molecule has 2 rings (SSSR count). The van der Waals surface area contributed by atoms with Crippen LogP contribution in [0.3, 0.4) is 0 Å². The summed E-state index contributed by atoms with van der Waals surface area (Å²) in [5.41, 5.74) is -0.135. The molecule has 2 aromatic rings. The van der Waals surface area contributed by atoms with E-state index in [2.05, 4.69) is 20.5 Å². The molecule has 0 unspecified atom stereocenters. The van der Waals surface area contributed by atoms with E-state index in [1.54, 1.807) is 0 Å². The van der Waals surface area contributed by atoms with Gasteiger partial charge in [0.2, 0.25) is 5.82 Å². The van der Waals surface area contributed by atoms with E-state index in [0.717, 1.165) is 12.1 Å². The number of anilines is 1. The van der Waals surface area contributed by atoms with Gasteiger partial charge in [-0.3, -0.25) is 9.89 Å². The summed E-state index contributed by atoms with van der Waals surface area (Å²) in [6.45, 7) is 5.76. The highest BCUT2D eigenvalue weighted by Gasteiger charge is 2.21. The fourth-order valence-electron chi connectivity index (χ4n) is 1.46. The maximum Gasteiger partial charge on any atom is 0.295 e. The lowest BCUT2D eigenvalue weighted by atomic mass is 9.96. The standard InChI is InChI=1S/C13H14F2N4O/c1-13(2,3)12-17-10(18-19-12)11(20)16-7-4-5-8(14)9(15)6-7/h4-6H,1-3H3,(H,16,20)(H,17,18,19). The molecule has 0 aliphatic carbocycles. The van der Waals surface area contributed by atoms with Crippen molar-refractivity contribution in [2.24, 2.45) is 0 Å². The van der Waals surface area contributed by atoms with Crippen LogP contribution in [0.4, 0.5) is 14.5 Å². The quantitative estimate of drug-likeness (QED) is 0.888. The van der Waals surface area contributed by atoms with Crippen LogP contribution < -0.4 is 5.32 Å². The molecule has 5 nitrogen and oxygen atoms in total. The minimum absolute atomic E-state index is 0.0559. The second-order valence-electron chi connectivity index (χ2n) is 5.34. The Morgan fingerprint density at radius 3 is 2.50 bits per heavy atom. The van der Waals surface area contributed by atoms with Crippen LogP contribution in [0.25, 0.3) is 0 Å². The predicted molar refractivity (Wildman–Crippen MR) is 69.4 cm³/mol. The first-order valence-electron chi connectivity index (χ1n) is 5.96. The Bertz CT molecular complexity index is 646. The Hall–Kier alpha value is -2.31. The first-order valence-corrected chi connectivity index (χ1v) is 5.96. The molecule has 0 saturated heterocycles. The van der Waals surface area contributed by atoms with Crippen LogP contribution in [0, 0.1) is 11.6 Å². The van der Waals surface area contributed by atoms with E-state index in [4.69, 9.17) is 0 Å². The van der Waals surface area contributed by atoms with E-state index in [1.165, 1.54) is 6.07 Å². The molecule has 0 bridgehead atoms. The topological polar surface area (TPSA) is 70.7 Å². The number of rotatable bonds is 2. The average molecular weight is 280 g/mol. The average Bonchev–Trinajstić information content (AvgIpc) is 2.83. The van der Waals surface area contributed by atoms with Gasteiger partial charge in [0, 0.05) is 17.2 Å². The summed E-state index contributed by atoms with van der Waals surface area (Å²) in [7, 11) is 0. The Morgan fingerprint density at radius 1 is 1.25 bits per heavy atom. The van der Waals surface area contributed by atoms with Crippen molar-refractivity contribution in [2.45, 2.75) is 26.2 Å². The Balaban J connectivity index is 2.16. The van der Waals surface area contributed by atoms with Gasteiger partial charge in [0.25, 0.3) is 5.91 Å². The number of hydrogen-bond acceptors (Lipinski definition) is 3. The van der Waals surface area contributed by atoms with Crippen LogP contribution in [0.15, 0.2) is 18.2 Å². The number of nitrogens with zero attached hydrogens (tertiary/aromatic N) is 2. The van der Waals surface area contributed by atoms with Gasteiger partial charge in [-0.1, -0.05) is 20.8 Å². The van der Waals surface area contributed by atoms with Crippen molar-refractivity contribution in [3.05, 3.63) is 41.5 Å². The molecule has 1 heterocycles. The zero-order chi connectivity index (χ0) is 14.9. The molecule has 0 fully saturated rings. The summed E-state index contributed by atoms with van der Waals surface area (Å²) < 4.78 is 25.8. The maximum atomic E-state index is 13.0. The van der Waals surface area contributed by atoms with Crippen LogP contribution in [0.2, 0.25) is 0 Å². The summed E-state index contributed by atoms with van der Waals surface area (Å²) in [4.78, 5) is 15.9. The molecule has 1 aromatic heterocycles. The maximum absolute atomic E-state index is 13.0. The lowest BCUT2D eigenvalue weighted by Gasteiger charge is -2.12. The summed E-state index contributed by atoms with van der Waals surface area (Å²) in [6, 6.07) is 3.09. The lowest BCUT2D eigenvalue weighted by Crippen LogP contribution is -2.16. The van der Waals surface area contributed by atoms with Gasteiger partial charge in [0.1, 0.15) is 5.82 Å². The molecule has 0 saturated carbocycles. The first kappa shape index (κ1) is 14.1. The number of carbonyl (C=O) groups is 1. The number of aromatic amines is 1. The van der Waals surface area contributed by atoms with E-state index < -0.39 is 17.5 Å². The first-order chi connectivity index (χ1) is 9.27. The van der Waals surface area contributed by atoms with Crippen molar-refractivity contribution in [3.63, 3.8) is 0 Å². The number of amides is 1. The second-order valence-corrected chi connectivity index (χ2v) is 5.34. The van der Waals surface area contributed by atoms with Crippen molar-refractivity contribution in [1.82, 2.24) is 15.2 Å². The predicted octanol–water partition coefficient (Wildman–Crippen LogP) is 2.63. The third kappa shape index (κ3) is 2.98. The molecular formula is C13H14F2N4O. The summed E-state index contributed by atoms with van der Waals surface area (Å²) in [5.74, 6) is -2.10. The van der Waals surface area contributed by atoms with Gasteiger partial charge in [-0.25, -0.2) is 13.8 Å². The van der Waals surface area contributed by atoms with Gasteiger partial charge in [-0.05, 0) is 12.1 Å². The van der Waals surface area contributed by atoms with Crippen LogP contribution in [0.1, 0.15) is 37.2 Å². The van der Waals surface area contributed by atoms with E-state index in [1.807, 2.05) is 20.8 Å². The number of nitrogens with one attached hydrogen (secondary N) is 2. The van der Waals surface area contributed by atoms with Crippen LogP contribution in [-0.4, -0.2) is 21.1 Å². The molecule has 106 valence electrons. The van der Waals surface area contributed by atoms with Crippen molar-refractivity contribution in [3.8, 4) is 0 Å². The zero-order valence-electron chi connectivity index (χ0n) is 11.3. The van der Waals surface area contributed by atoms with Crippen molar-refractivity contribution >= 4 is 11.6 Å². The van der Waals surface area contributed by atoms with Crippen LogP contribution in [0.5, 0.6) is 0 Å². The second kappa shape index (κ2) is 4.99. The van der Waals surface area contributed by atoms with Crippen molar-refractivity contribution < 1.29 is 13.6 Å². The van der Waals surface area contributed by atoms with E-state index in [-0.39, 0.29) is 16.9 Å². The highest BCUT2D eigenvalue weighted by atomic mass is 19.2. The molecular weight excluding hydrogens is 266 g/mol. The zero-order valence-corrected chi connectivity index (χ0v) is 11.3. The number of benzene rings is 1. The Labute approximate surface area is 114 Å². The number of hydrogen-bond donors (Lipinski definition) is 2. The third-order valence-corrected chi connectivity index (χ3v) is 2.58. The molecule has 0 atom stereocenters. The number of H-pyrrole nitrogens is 1. The fourth-order valence-corrected chi connectivity index (χ4v) is 1.46. The fraction of sp³-hybridized carbons (Fsp3) is 0.308. The van der Waals surface area contributed by atoms with Gasteiger partial charge in [0.15, 0.2) is 11.6 Å². The van der Waals surface area contributed by atoms with Crippen molar-refractivity contribution in [2.75, 3.05) is 5.32 Å². The van der Waals surface area contributed by atoms with Gasteiger partial charge in [0.05, 0.1) is 0 Å². The SMILES string of the molecule is CC(C)(C)c1nc(C(=O)Nc2ccc(F)c(F)c2)n[nH]1. The Morgan fingerprint density at radius 2 is 1.95 bits per heavy atom. The van der Waals surface area contributed by atoms with E-state index in [0.29, 0.717) is 5.82 Å². The summed E-state index contributed by atoms with van der Waals surface area (Å²) in [5, 5.41) is 8.88. The molecule has 20 heavy (non-hydrogen) atoms. The summed E-state index contributed by atoms with van der Waals surface area (Å²) in [6.07, 6.45) is 0. The van der Waals surface area contributed by atoms with Gasteiger partial charge in [-0.15, -0.1) is 5.10 Å². The number of carbonyl (C=O) groups excluding carboxylic acids is 1. The molecule has 0 spiro atoms. The van der Waals surface area contributed by atoms with E-state index >= 15 is 0 Å². The summed E-state index contributed by atoms with van der Waals surface area (Å²) >= 11 is 0. The minimum Gasteiger partial charge on any atom is -0.319 e. The molecule has 0 aliphatic heterocycles. The van der Waals surface area contributed by atoms with Crippen molar-refractivity contribution in [1.29, 1.82) is 0 Å². The van der Waals surface area contributed by atoms with Gasteiger partial charge < -0.3 is 5.32 Å². The molecule has 1 aromatic carbocycles. The van der Waals surface area contributed by atoms with Gasteiger partial charge in [-0.2, -0.15) is 0 Å². The molecule has 0 aliphatic rings.